The van der Waals surface area contributed by atoms with E-state index in [1.807, 2.05) is 0 Å². The molecule has 0 unspecified atom stereocenters. The van der Waals surface area contributed by atoms with Gasteiger partial charge in [0.15, 0.2) is 0 Å². The predicted molar refractivity (Wildman–Crippen MR) is 104 cm³/mol. The highest BCUT2D eigenvalue weighted by Gasteiger charge is 2.18. The van der Waals surface area contributed by atoms with Gasteiger partial charge in [0.2, 0.25) is 10.0 Å². The zero-order chi connectivity index (χ0) is 20.3. The smallest absolute Gasteiger partial charge is 0.345 e. The van der Waals surface area contributed by atoms with Crippen molar-refractivity contribution in [2.75, 3.05) is 13.6 Å². The van der Waals surface area contributed by atoms with Gasteiger partial charge in [-0.05, 0) is 44.5 Å². The van der Waals surface area contributed by atoms with Gasteiger partial charge in [-0.25, -0.2) is 22.6 Å². The van der Waals surface area contributed by atoms with Crippen LogP contribution >= 0.6 is 11.6 Å². The molecule has 0 saturated carbocycles. The van der Waals surface area contributed by atoms with E-state index in [0.29, 0.717) is 26.1 Å². The highest BCUT2D eigenvalue weighted by atomic mass is 35.5. The van der Waals surface area contributed by atoms with Crippen LogP contribution in [-0.4, -0.2) is 42.3 Å². The van der Waals surface area contributed by atoms with Gasteiger partial charge in [-0.15, -0.1) is 0 Å². The minimum absolute atomic E-state index is 0.0420. The standard InChI is InChI=1S/C17H22ClN5O4S/c1-19-28(26,27)12-6-7-14(18)13(11-12)16(24)20-8-4-10-23-17(25)22-9-3-2-5-15(22)21-23/h6-7,11,19H,2-5,8-10H2,1H3,(H,20,24). The Kier molecular flexibility index (Phi) is 6.21. The summed E-state index contributed by atoms with van der Waals surface area (Å²) < 4.78 is 29.1. The Bertz CT molecular complexity index is 1040. The van der Waals surface area contributed by atoms with E-state index in [4.69, 9.17) is 11.6 Å². The molecule has 1 aromatic carbocycles. The monoisotopic (exact) mass is 427 g/mol. The Morgan fingerprint density at radius 3 is 2.82 bits per heavy atom. The Morgan fingerprint density at radius 2 is 2.11 bits per heavy atom. The Hall–Kier alpha value is -2.17. The van der Waals surface area contributed by atoms with Crippen LogP contribution in [0.5, 0.6) is 0 Å². The van der Waals surface area contributed by atoms with Gasteiger partial charge >= 0.3 is 5.69 Å². The molecular weight excluding hydrogens is 406 g/mol. The number of fused-ring (bicyclic) bond motifs is 1. The van der Waals surface area contributed by atoms with E-state index in [-0.39, 0.29) is 21.2 Å². The fourth-order valence-corrected chi connectivity index (χ4v) is 4.04. The normalized spacial score (nSPS) is 13.9. The van der Waals surface area contributed by atoms with Crippen LogP contribution in [0.3, 0.4) is 0 Å². The molecule has 0 saturated heterocycles. The van der Waals surface area contributed by atoms with Gasteiger partial charge in [-0.1, -0.05) is 11.6 Å². The van der Waals surface area contributed by atoms with E-state index in [1.54, 1.807) is 4.57 Å². The van der Waals surface area contributed by atoms with Crippen molar-refractivity contribution in [3.8, 4) is 0 Å². The number of nitrogens with one attached hydrogen (secondary N) is 2. The lowest BCUT2D eigenvalue weighted by atomic mass is 10.2. The summed E-state index contributed by atoms with van der Waals surface area (Å²) in [5.74, 6) is 0.337. The second-order valence-electron chi connectivity index (χ2n) is 6.49. The van der Waals surface area contributed by atoms with Crippen LogP contribution in [0.25, 0.3) is 0 Å². The molecule has 1 amide bonds. The molecule has 1 aliphatic heterocycles. The van der Waals surface area contributed by atoms with Gasteiger partial charge in [-0.3, -0.25) is 9.36 Å². The van der Waals surface area contributed by atoms with E-state index >= 15 is 0 Å². The highest BCUT2D eigenvalue weighted by Crippen LogP contribution is 2.20. The third-order valence-electron chi connectivity index (χ3n) is 4.63. The molecule has 1 aromatic heterocycles. The van der Waals surface area contributed by atoms with Crippen LogP contribution in [0.15, 0.2) is 27.9 Å². The van der Waals surface area contributed by atoms with E-state index < -0.39 is 15.9 Å². The Morgan fingerprint density at radius 1 is 1.32 bits per heavy atom. The first-order valence-electron chi connectivity index (χ1n) is 9.01. The van der Waals surface area contributed by atoms with E-state index in [2.05, 4.69) is 15.1 Å². The van der Waals surface area contributed by atoms with Crippen molar-refractivity contribution < 1.29 is 13.2 Å². The molecule has 9 nitrogen and oxygen atoms in total. The third kappa shape index (κ3) is 4.29. The minimum atomic E-state index is -3.68. The second kappa shape index (κ2) is 8.46. The molecule has 1 aliphatic rings. The van der Waals surface area contributed by atoms with Crippen molar-refractivity contribution >= 4 is 27.5 Å². The van der Waals surface area contributed by atoms with Crippen molar-refractivity contribution in [1.29, 1.82) is 0 Å². The number of sulfonamides is 1. The quantitative estimate of drug-likeness (QED) is 0.633. The summed E-state index contributed by atoms with van der Waals surface area (Å²) in [7, 11) is -2.38. The number of carbonyl (C=O) groups is 1. The largest absolute Gasteiger partial charge is 0.352 e. The lowest BCUT2D eigenvalue weighted by Gasteiger charge is -2.09. The summed E-state index contributed by atoms with van der Waals surface area (Å²) in [4.78, 5) is 24.6. The number of hydrogen-bond donors (Lipinski definition) is 2. The van der Waals surface area contributed by atoms with Crippen molar-refractivity contribution in [3.63, 3.8) is 0 Å². The van der Waals surface area contributed by atoms with Gasteiger partial charge in [0.05, 0.1) is 15.5 Å². The molecule has 2 heterocycles. The van der Waals surface area contributed by atoms with Crippen molar-refractivity contribution in [3.05, 3.63) is 45.1 Å². The molecule has 11 heteroatoms. The lowest BCUT2D eigenvalue weighted by Crippen LogP contribution is -2.29. The molecule has 0 fully saturated rings. The van der Waals surface area contributed by atoms with E-state index in [9.17, 15) is 18.0 Å². The molecule has 28 heavy (non-hydrogen) atoms. The summed E-state index contributed by atoms with van der Waals surface area (Å²) >= 11 is 6.04. The van der Waals surface area contributed by atoms with Crippen LogP contribution in [0, 0.1) is 0 Å². The summed E-state index contributed by atoms with van der Waals surface area (Å²) in [6.07, 6.45) is 3.34. The van der Waals surface area contributed by atoms with Crippen LogP contribution in [-0.2, 0) is 29.5 Å². The number of rotatable bonds is 7. The van der Waals surface area contributed by atoms with Crippen LogP contribution in [0.4, 0.5) is 0 Å². The maximum absolute atomic E-state index is 12.4. The molecule has 0 spiro atoms. The first-order valence-corrected chi connectivity index (χ1v) is 10.9. The summed E-state index contributed by atoms with van der Waals surface area (Å²) in [5, 5.41) is 7.20. The summed E-state index contributed by atoms with van der Waals surface area (Å²) in [6.45, 7) is 1.39. The topological polar surface area (TPSA) is 115 Å². The average molecular weight is 428 g/mol. The van der Waals surface area contributed by atoms with Gasteiger partial charge in [0.1, 0.15) is 5.82 Å². The van der Waals surface area contributed by atoms with E-state index in [0.717, 1.165) is 25.1 Å². The van der Waals surface area contributed by atoms with Crippen LogP contribution in [0.1, 0.15) is 35.4 Å². The molecule has 0 radical (unpaired) electrons. The zero-order valence-electron chi connectivity index (χ0n) is 15.4. The van der Waals surface area contributed by atoms with Gasteiger partial charge in [0, 0.05) is 26.1 Å². The molecule has 152 valence electrons. The zero-order valence-corrected chi connectivity index (χ0v) is 17.0. The number of benzene rings is 1. The second-order valence-corrected chi connectivity index (χ2v) is 8.78. The number of aromatic nitrogens is 3. The number of hydrogen-bond acceptors (Lipinski definition) is 5. The number of aryl methyl sites for hydroxylation is 2. The Balaban J connectivity index is 1.60. The molecule has 2 aromatic rings. The average Bonchev–Trinajstić information content (AvgIpc) is 3.01. The number of carbonyl (C=O) groups excluding carboxylic acids is 1. The number of halogens is 1. The molecule has 0 bridgehead atoms. The number of amides is 1. The number of nitrogens with zero attached hydrogens (tertiary/aromatic N) is 3. The molecular formula is C17H22ClN5O4S. The molecule has 0 atom stereocenters. The SMILES string of the molecule is CNS(=O)(=O)c1ccc(Cl)c(C(=O)NCCCn2nc3n(c2=O)CCCC3)c1. The summed E-state index contributed by atoms with van der Waals surface area (Å²) in [6, 6.07) is 3.94. The van der Waals surface area contributed by atoms with Crippen LogP contribution in [0.2, 0.25) is 5.02 Å². The van der Waals surface area contributed by atoms with Crippen LogP contribution < -0.4 is 15.7 Å². The maximum Gasteiger partial charge on any atom is 0.345 e. The third-order valence-corrected chi connectivity index (χ3v) is 6.37. The minimum Gasteiger partial charge on any atom is -0.352 e. The Labute approximate surface area is 167 Å². The van der Waals surface area contributed by atoms with E-state index in [1.165, 1.54) is 29.9 Å². The molecule has 2 N–H and O–H groups in total. The predicted octanol–water partition coefficient (Wildman–Crippen LogP) is 0.763. The maximum atomic E-state index is 12.4. The molecule has 0 aliphatic carbocycles. The van der Waals surface area contributed by atoms with Gasteiger partial charge in [0.25, 0.3) is 5.91 Å². The lowest BCUT2D eigenvalue weighted by molar-refractivity contribution is 0.0952. The fraction of sp³-hybridized carbons (Fsp3) is 0.471. The highest BCUT2D eigenvalue weighted by molar-refractivity contribution is 7.89. The van der Waals surface area contributed by atoms with Gasteiger partial charge in [-0.2, -0.15) is 5.10 Å². The van der Waals surface area contributed by atoms with Gasteiger partial charge < -0.3 is 5.32 Å². The first kappa shape index (κ1) is 20.6. The first-order chi connectivity index (χ1) is 13.3. The molecule has 3 rings (SSSR count). The summed E-state index contributed by atoms with van der Waals surface area (Å²) in [5.41, 5.74) is -0.0401. The van der Waals surface area contributed by atoms with Crippen molar-refractivity contribution in [2.45, 2.75) is 43.7 Å². The fourth-order valence-electron chi connectivity index (χ4n) is 3.08. The van der Waals surface area contributed by atoms with Crippen molar-refractivity contribution in [2.24, 2.45) is 0 Å². The van der Waals surface area contributed by atoms with Crippen molar-refractivity contribution in [1.82, 2.24) is 24.4 Å².